The predicted octanol–water partition coefficient (Wildman–Crippen LogP) is 3.13. The Labute approximate surface area is 105 Å². The molecule has 16 heavy (non-hydrogen) atoms. The van der Waals surface area contributed by atoms with Crippen LogP contribution in [0.2, 0.25) is 0 Å². The molecule has 2 N–H and O–H groups in total. The molecule has 2 nitrogen and oxygen atoms in total. The van der Waals surface area contributed by atoms with E-state index in [0.717, 1.165) is 29.2 Å². The maximum absolute atomic E-state index is 5.74. The van der Waals surface area contributed by atoms with E-state index >= 15 is 0 Å². The summed E-state index contributed by atoms with van der Waals surface area (Å²) in [6.07, 6.45) is 4.87. The first kappa shape index (κ1) is 11.9. The van der Waals surface area contributed by atoms with Gasteiger partial charge in [-0.2, -0.15) is 0 Å². The average Bonchev–Trinajstić information content (AvgIpc) is 3.07. The van der Waals surface area contributed by atoms with Gasteiger partial charge in [0.25, 0.3) is 0 Å². The average molecular weight is 284 g/mol. The fourth-order valence-electron chi connectivity index (χ4n) is 1.74. The Morgan fingerprint density at radius 3 is 2.88 bits per heavy atom. The molecule has 0 atom stereocenters. The zero-order valence-corrected chi connectivity index (χ0v) is 11.0. The van der Waals surface area contributed by atoms with Crippen molar-refractivity contribution in [2.24, 2.45) is 11.7 Å². The predicted molar refractivity (Wildman–Crippen MR) is 69.7 cm³/mol. The molecular weight excluding hydrogens is 266 g/mol. The molecule has 0 aromatic heterocycles. The van der Waals surface area contributed by atoms with Crippen LogP contribution in [0.5, 0.6) is 5.75 Å². The van der Waals surface area contributed by atoms with E-state index in [1.807, 2.05) is 12.1 Å². The first-order valence-corrected chi connectivity index (χ1v) is 6.70. The zero-order chi connectivity index (χ0) is 11.4. The van der Waals surface area contributed by atoms with Crippen LogP contribution < -0.4 is 10.5 Å². The lowest BCUT2D eigenvalue weighted by atomic mass is 10.1. The quantitative estimate of drug-likeness (QED) is 0.871. The van der Waals surface area contributed by atoms with Gasteiger partial charge < -0.3 is 10.5 Å². The number of hydrogen-bond acceptors (Lipinski definition) is 2. The zero-order valence-electron chi connectivity index (χ0n) is 9.42. The fraction of sp³-hybridized carbons (Fsp3) is 0.538. The summed E-state index contributed by atoms with van der Waals surface area (Å²) >= 11 is 3.52. The van der Waals surface area contributed by atoms with Gasteiger partial charge in [-0.25, -0.2) is 0 Å². The van der Waals surface area contributed by atoms with E-state index in [9.17, 15) is 0 Å². The number of benzene rings is 1. The minimum absolute atomic E-state index is 0.671. The summed E-state index contributed by atoms with van der Waals surface area (Å²) < 4.78 is 6.86. The van der Waals surface area contributed by atoms with Crippen molar-refractivity contribution in [2.45, 2.75) is 25.7 Å². The third kappa shape index (κ3) is 3.49. The van der Waals surface area contributed by atoms with Gasteiger partial charge in [0, 0.05) is 4.47 Å². The second kappa shape index (κ2) is 5.69. The van der Waals surface area contributed by atoms with E-state index in [1.165, 1.54) is 24.8 Å². The summed E-state index contributed by atoms with van der Waals surface area (Å²) in [5.74, 6) is 1.89. The maximum Gasteiger partial charge on any atom is 0.119 e. The van der Waals surface area contributed by atoms with Gasteiger partial charge >= 0.3 is 0 Å². The largest absolute Gasteiger partial charge is 0.494 e. The van der Waals surface area contributed by atoms with Crippen LogP contribution in [0.1, 0.15) is 24.8 Å². The summed E-state index contributed by atoms with van der Waals surface area (Å²) in [5.41, 5.74) is 6.79. The van der Waals surface area contributed by atoms with Gasteiger partial charge in [0.15, 0.2) is 0 Å². The highest BCUT2D eigenvalue weighted by molar-refractivity contribution is 9.10. The second-order valence-electron chi connectivity index (χ2n) is 4.37. The number of hydrogen-bond donors (Lipinski definition) is 1. The summed E-state index contributed by atoms with van der Waals surface area (Å²) in [4.78, 5) is 0. The molecule has 0 heterocycles. The molecule has 1 aliphatic rings. The number of halogens is 1. The van der Waals surface area contributed by atoms with E-state index in [0.29, 0.717) is 6.54 Å². The van der Waals surface area contributed by atoms with Gasteiger partial charge in [0.2, 0.25) is 0 Å². The maximum atomic E-state index is 5.74. The molecule has 0 unspecified atom stereocenters. The fourth-order valence-corrected chi connectivity index (χ4v) is 2.18. The van der Waals surface area contributed by atoms with Crippen molar-refractivity contribution in [1.29, 1.82) is 0 Å². The van der Waals surface area contributed by atoms with Crippen molar-refractivity contribution in [2.75, 3.05) is 13.2 Å². The smallest absolute Gasteiger partial charge is 0.119 e. The van der Waals surface area contributed by atoms with Crippen LogP contribution in [0.15, 0.2) is 22.7 Å². The van der Waals surface area contributed by atoms with Crippen LogP contribution in [0.25, 0.3) is 0 Å². The molecular formula is C13H18BrNO. The minimum Gasteiger partial charge on any atom is -0.494 e. The third-order valence-corrected chi connectivity index (χ3v) is 3.70. The molecule has 0 spiro atoms. The molecule has 3 heteroatoms. The third-order valence-electron chi connectivity index (χ3n) is 2.92. The lowest BCUT2D eigenvalue weighted by Crippen LogP contribution is -2.04. The molecule has 1 saturated carbocycles. The van der Waals surface area contributed by atoms with E-state index in [4.69, 9.17) is 10.5 Å². The Balaban J connectivity index is 1.89. The number of ether oxygens (including phenoxy) is 1. The van der Waals surface area contributed by atoms with Crippen molar-refractivity contribution in [3.05, 3.63) is 28.2 Å². The molecule has 1 aromatic carbocycles. The highest BCUT2D eigenvalue weighted by Gasteiger charge is 2.20. The van der Waals surface area contributed by atoms with Gasteiger partial charge in [-0.15, -0.1) is 0 Å². The first-order chi connectivity index (χ1) is 7.79. The summed E-state index contributed by atoms with van der Waals surface area (Å²) in [7, 11) is 0. The van der Waals surface area contributed by atoms with Gasteiger partial charge in [-0.1, -0.05) is 28.8 Å². The minimum atomic E-state index is 0.671. The summed E-state index contributed by atoms with van der Waals surface area (Å²) in [6, 6.07) is 6.14. The first-order valence-electron chi connectivity index (χ1n) is 5.91. The Morgan fingerprint density at radius 2 is 2.19 bits per heavy atom. The molecule has 0 bridgehead atoms. The Morgan fingerprint density at radius 1 is 1.38 bits per heavy atom. The van der Waals surface area contributed by atoms with Crippen molar-refractivity contribution in [1.82, 2.24) is 0 Å². The van der Waals surface area contributed by atoms with Crippen LogP contribution in [0.3, 0.4) is 0 Å². The molecule has 0 amide bonds. The van der Waals surface area contributed by atoms with Gasteiger partial charge in [0.1, 0.15) is 5.75 Å². The molecule has 1 aliphatic carbocycles. The van der Waals surface area contributed by atoms with Gasteiger partial charge in [-0.3, -0.25) is 0 Å². The monoisotopic (exact) mass is 283 g/mol. The molecule has 0 saturated heterocycles. The van der Waals surface area contributed by atoms with Crippen molar-refractivity contribution in [3.63, 3.8) is 0 Å². The van der Waals surface area contributed by atoms with Crippen LogP contribution in [-0.4, -0.2) is 13.2 Å². The summed E-state index contributed by atoms with van der Waals surface area (Å²) in [6.45, 7) is 1.51. The normalized spacial score (nSPS) is 15.1. The lowest BCUT2D eigenvalue weighted by Gasteiger charge is -2.09. The van der Waals surface area contributed by atoms with Crippen LogP contribution in [-0.2, 0) is 6.42 Å². The van der Waals surface area contributed by atoms with Gasteiger partial charge in [-0.05, 0) is 49.1 Å². The molecule has 0 radical (unpaired) electrons. The molecule has 2 rings (SSSR count). The van der Waals surface area contributed by atoms with E-state index in [1.54, 1.807) is 0 Å². The van der Waals surface area contributed by atoms with Crippen LogP contribution in [0, 0.1) is 5.92 Å². The van der Waals surface area contributed by atoms with E-state index in [2.05, 4.69) is 22.0 Å². The molecule has 1 fully saturated rings. The summed E-state index contributed by atoms with van der Waals surface area (Å²) in [5, 5.41) is 0. The van der Waals surface area contributed by atoms with Crippen molar-refractivity contribution < 1.29 is 4.74 Å². The second-order valence-corrected chi connectivity index (χ2v) is 5.23. The Hall–Kier alpha value is -0.540. The molecule has 1 aromatic rings. The Kier molecular flexibility index (Phi) is 4.24. The highest BCUT2D eigenvalue weighted by atomic mass is 79.9. The standard InChI is InChI=1S/C13H18BrNO/c14-13-4-3-12(9-11(13)5-7-15)16-8-6-10-1-2-10/h3-4,9-10H,1-2,5-8,15H2. The van der Waals surface area contributed by atoms with E-state index < -0.39 is 0 Å². The Bertz CT molecular complexity index is 350. The van der Waals surface area contributed by atoms with E-state index in [-0.39, 0.29) is 0 Å². The van der Waals surface area contributed by atoms with Crippen molar-refractivity contribution in [3.8, 4) is 5.75 Å². The number of rotatable bonds is 6. The molecule has 88 valence electrons. The molecule has 0 aliphatic heterocycles. The topological polar surface area (TPSA) is 35.2 Å². The van der Waals surface area contributed by atoms with Gasteiger partial charge in [0.05, 0.1) is 6.61 Å². The number of nitrogens with two attached hydrogens (primary N) is 1. The lowest BCUT2D eigenvalue weighted by molar-refractivity contribution is 0.302. The van der Waals surface area contributed by atoms with Crippen molar-refractivity contribution >= 4 is 15.9 Å². The highest BCUT2D eigenvalue weighted by Crippen LogP contribution is 2.32. The van der Waals surface area contributed by atoms with Crippen LogP contribution >= 0.6 is 15.9 Å². The SMILES string of the molecule is NCCc1cc(OCCC2CC2)ccc1Br. The van der Waals surface area contributed by atoms with Crippen LogP contribution in [0.4, 0.5) is 0 Å².